The molecule has 22 heavy (non-hydrogen) atoms. The highest BCUT2D eigenvalue weighted by Crippen LogP contribution is 2.14. The van der Waals surface area contributed by atoms with Gasteiger partial charge in [-0.15, -0.1) is 0 Å². The second kappa shape index (κ2) is 7.72. The maximum absolute atomic E-state index is 11.2. The number of Topliss-reactive ketones (excluding diaryl/α,β-unsaturated/α-hetero) is 1. The van der Waals surface area contributed by atoms with Crippen LogP contribution in [-0.4, -0.2) is 60.3 Å². The first-order valence-electron chi connectivity index (χ1n) is 7.73. The molecule has 1 saturated heterocycles. The lowest BCUT2D eigenvalue weighted by Gasteiger charge is -2.36. The van der Waals surface area contributed by atoms with Gasteiger partial charge in [-0.1, -0.05) is 0 Å². The van der Waals surface area contributed by atoms with E-state index >= 15 is 0 Å². The molecule has 0 radical (unpaired) electrons. The van der Waals surface area contributed by atoms with Crippen molar-refractivity contribution in [2.45, 2.75) is 39.1 Å². The van der Waals surface area contributed by atoms with Crippen molar-refractivity contribution in [2.75, 3.05) is 26.2 Å². The third-order valence-corrected chi connectivity index (χ3v) is 3.67. The third-order valence-electron chi connectivity index (χ3n) is 3.67. The summed E-state index contributed by atoms with van der Waals surface area (Å²) in [4.78, 5) is 13.4. The fourth-order valence-corrected chi connectivity index (χ4v) is 2.76. The maximum atomic E-state index is 11.2. The second-order valence-electron chi connectivity index (χ2n) is 6.02. The third kappa shape index (κ3) is 5.09. The summed E-state index contributed by atoms with van der Waals surface area (Å²) >= 11 is 0. The van der Waals surface area contributed by atoms with Crippen molar-refractivity contribution in [3.8, 4) is 5.75 Å². The predicted octanol–water partition coefficient (Wildman–Crippen LogP) is 1.74. The van der Waals surface area contributed by atoms with Gasteiger partial charge in [0.05, 0.1) is 12.2 Å². The molecule has 2 rings (SSSR count). The molecule has 0 saturated carbocycles. The largest absolute Gasteiger partial charge is 0.491 e. The number of aliphatic hydroxyl groups is 1. The van der Waals surface area contributed by atoms with E-state index in [1.165, 1.54) is 6.92 Å². The minimum absolute atomic E-state index is 0.0298. The SMILES string of the molecule is CC(=O)c1ccc(OC[C@@H](O)CN2C[C@@H](C)O[C@@H](C)C2)cc1. The Balaban J connectivity index is 1.77. The van der Waals surface area contributed by atoms with E-state index in [0.29, 0.717) is 17.9 Å². The van der Waals surface area contributed by atoms with Crippen LogP contribution >= 0.6 is 0 Å². The van der Waals surface area contributed by atoms with Crippen molar-refractivity contribution in [2.24, 2.45) is 0 Å². The molecule has 1 aliphatic rings. The van der Waals surface area contributed by atoms with Crippen LogP contribution in [0.25, 0.3) is 0 Å². The lowest BCUT2D eigenvalue weighted by atomic mass is 10.1. The normalized spacial score (nSPS) is 24.0. The van der Waals surface area contributed by atoms with Gasteiger partial charge in [0.1, 0.15) is 18.5 Å². The van der Waals surface area contributed by atoms with Gasteiger partial charge in [0.15, 0.2) is 5.78 Å². The molecule has 1 aliphatic heterocycles. The first-order valence-corrected chi connectivity index (χ1v) is 7.73. The highest BCUT2D eigenvalue weighted by atomic mass is 16.5. The molecule has 0 bridgehead atoms. The summed E-state index contributed by atoms with van der Waals surface area (Å²) in [6.07, 6.45) is -0.169. The van der Waals surface area contributed by atoms with Crippen LogP contribution in [0.1, 0.15) is 31.1 Å². The first-order chi connectivity index (χ1) is 10.4. The molecule has 5 nitrogen and oxygen atoms in total. The minimum Gasteiger partial charge on any atom is -0.491 e. The first kappa shape index (κ1) is 16.9. The van der Waals surface area contributed by atoms with Gasteiger partial charge in [0.25, 0.3) is 0 Å². The van der Waals surface area contributed by atoms with Crippen molar-refractivity contribution in [1.82, 2.24) is 4.90 Å². The molecule has 5 heteroatoms. The number of rotatable bonds is 6. The molecule has 3 atom stereocenters. The quantitative estimate of drug-likeness (QED) is 0.811. The Kier molecular flexibility index (Phi) is 5.94. The standard InChI is InChI=1S/C17H25NO4/c1-12-8-18(9-13(2)22-12)10-16(20)11-21-17-6-4-15(5-7-17)14(3)19/h4-7,12-13,16,20H,8-11H2,1-3H3/t12-,13+,16-/m0/s1. The lowest BCUT2D eigenvalue weighted by molar-refractivity contribution is -0.0786. The zero-order chi connectivity index (χ0) is 16.1. The Morgan fingerprint density at radius 2 is 1.91 bits per heavy atom. The molecule has 0 amide bonds. The van der Waals surface area contributed by atoms with Crippen LogP contribution in [0.4, 0.5) is 0 Å². The number of benzene rings is 1. The van der Waals surface area contributed by atoms with Crippen molar-refractivity contribution >= 4 is 5.78 Å². The van der Waals surface area contributed by atoms with Crippen molar-refractivity contribution in [3.63, 3.8) is 0 Å². The van der Waals surface area contributed by atoms with Crippen LogP contribution in [0.2, 0.25) is 0 Å². The number of carbonyl (C=O) groups is 1. The van der Waals surface area contributed by atoms with Crippen LogP contribution in [0.5, 0.6) is 5.75 Å². The van der Waals surface area contributed by atoms with Crippen molar-refractivity contribution in [1.29, 1.82) is 0 Å². The molecule has 0 aliphatic carbocycles. The number of carbonyl (C=O) groups excluding carboxylic acids is 1. The van der Waals surface area contributed by atoms with Gasteiger partial charge < -0.3 is 14.6 Å². The smallest absolute Gasteiger partial charge is 0.159 e. The van der Waals surface area contributed by atoms with Crippen molar-refractivity contribution in [3.05, 3.63) is 29.8 Å². The van der Waals surface area contributed by atoms with Crippen LogP contribution in [0, 0.1) is 0 Å². The molecule has 0 spiro atoms. The molecule has 0 aromatic heterocycles. The number of hydrogen-bond acceptors (Lipinski definition) is 5. The summed E-state index contributed by atoms with van der Waals surface area (Å²) in [6, 6.07) is 6.97. The van der Waals surface area contributed by atoms with Gasteiger partial charge in [0.2, 0.25) is 0 Å². The van der Waals surface area contributed by atoms with E-state index in [2.05, 4.69) is 4.90 Å². The monoisotopic (exact) mass is 307 g/mol. The van der Waals surface area contributed by atoms with Crippen LogP contribution < -0.4 is 4.74 Å². The average molecular weight is 307 g/mol. The Morgan fingerprint density at radius 1 is 1.32 bits per heavy atom. The zero-order valence-electron chi connectivity index (χ0n) is 13.5. The molecular weight excluding hydrogens is 282 g/mol. The fraction of sp³-hybridized carbons (Fsp3) is 0.588. The van der Waals surface area contributed by atoms with E-state index in [4.69, 9.17) is 9.47 Å². The lowest BCUT2D eigenvalue weighted by Crippen LogP contribution is -2.48. The highest BCUT2D eigenvalue weighted by molar-refractivity contribution is 5.94. The summed E-state index contributed by atoms with van der Waals surface area (Å²) in [6.45, 7) is 8.08. The molecular formula is C17H25NO4. The zero-order valence-corrected chi connectivity index (χ0v) is 13.5. The fourth-order valence-electron chi connectivity index (χ4n) is 2.76. The Labute approximate surface area is 131 Å². The number of nitrogens with zero attached hydrogens (tertiary/aromatic N) is 1. The van der Waals surface area contributed by atoms with Crippen LogP contribution in [0.3, 0.4) is 0 Å². The summed E-state index contributed by atoms with van der Waals surface area (Å²) in [7, 11) is 0. The van der Waals surface area contributed by atoms with E-state index in [1.807, 2.05) is 13.8 Å². The van der Waals surface area contributed by atoms with Gasteiger partial charge in [-0.2, -0.15) is 0 Å². The van der Waals surface area contributed by atoms with E-state index in [-0.39, 0.29) is 24.6 Å². The number of hydrogen-bond donors (Lipinski definition) is 1. The molecule has 1 N–H and O–H groups in total. The predicted molar refractivity (Wildman–Crippen MR) is 84.4 cm³/mol. The number of ether oxygens (including phenoxy) is 2. The molecule has 1 fully saturated rings. The van der Waals surface area contributed by atoms with Crippen LogP contribution in [0.15, 0.2) is 24.3 Å². The highest BCUT2D eigenvalue weighted by Gasteiger charge is 2.23. The molecule has 0 unspecified atom stereocenters. The number of aliphatic hydroxyl groups excluding tert-OH is 1. The number of ketones is 1. The Morgan fingerprint density at radius 3 is 2.45 bits per heavy atom. The molecule has 1 aromatic rings. The topological polar surface area (TPSA) is 59.0 Å². The minimum atomic E-state index is -0.551. The summed E-state index contributed by atoms with van der Waals surface area (Å²) in [5.74, 6) is 0.690. The van der Waals surface area contributed by atoms with Crippen molar-refractivity contribution < 1.29 is 19.4 Å². The maximum Gasteiger partial charge on any atom is 0.159 e. The van der Waals surface area contributed by atoms with Gasteiger partial charge in [-0.05, 0) is 45.0 Å². The summed E-state index contributed by atoms with van der Waals surface area (Å²) < 4.78 is 11.3. The van der Waals surface area contributed by atoms with Gasteiger partial charge in [0, 0.05) is 25.2 Å². The van der Waals surface area contributed by atoms with Gasteiger partial charge in [-0.3, -0.25) is 9.69 Å². The van der Waals surface area contributed by atoms with E-state index in [1.54, 1.807) is 24.3 Å². The summed E-state index contributed by atoms with van der Waals surface area (Å²) in [5.41, 5.74) is 0.657. The molecule has 122 valence electrons. The molecule has 1 aromatic carbocycles. The van der Waals surface area contributed by atoms with Gasteiger partial charge >= 0.3 is 0 Å². The average Bonchev–Trinajstić information content (AvgIpc) is 2.44. The summed E-state index contributed by atoms with van der Waals surface area (Å²) in [5, 5.41) is 10.1. The van der Waals surface area contributed by atoms with Gasteiger partial charge in [-0.25, -0.2) is 0 Å². The second-order valence-corrected chi connectivity index (χ2v) is 6.02. The Hall–Kier alpha value is -1.43. The number of morpholine rings is 1. The Bertz CT molecular complexity index is 478. The van der Waals surface area contributed by atoms with E-state index in [0.717, 1.165) is 13.1 Å². The van der Waals surface area contributed by atoms with E-state index in [9.17, 15) is 9.90 Å². The van der Waals surface area contributed by atoms with E-state index < -0.39 is 6.10 Å². The van der Waals surface area contributed by atoms with Crippen LogP contribution in [-0.2, 0) is 4.74 Å². The molecule has 1 heterocycles. The number of β-amino-alcohol motifs (C(OH)–C–C–N with tert-alkyl or cyclic N) is 1.